The van der Waals surface area contributed by atoms with E-state index in [1.807, 2.05) is 0 Å². The van der Waals surface area contributed by atoms with Crippen LogP contribution < -0.4 is 0 Å². The third-order valence-corrected chi connectivity index (χ3v) is 1.01. The Kier molecular flexibility index (Phi) is 3.54. The standard InChI is InChI=1S/C7H10O2/c1-3-4-5-6(2)7(8)9/h6H,5H2,1-2H3,(H,8,9)/t6-/m1/s1. The summed E-state index contributed by atoms with van der Waals surface area (Å²) < 4.78 is 0. The van der Waals surface area contributed by atoms with Crippen molar-refractivity contribution in [2.24, 2.45) is 5.92 Å². The van der Waals surface area contributed by atoms with E-state index in [0.29, 0.717) is 6.42 Å². The molecule has 0 aromatic rings. The molecular weight excluding hydrogens is 116 g/mol. The monoisotopic (exact) mass is 126 g/mol. The van der Waals surface area contributed by atoms with Crippen LogP contribution in [0.15, 0.2) is 0 Å². The third kappa shape index (κ3) is 3.60. The van der Waals surface area contributed by atoms with Crippen molar-refractivity contribution in [2.75, 3.05) is 0 Å². The van der Waals surface area contributed by atoms with Gasteiger partial charge < -0.3 is 5.11 Å². The number of hydrogen-bond donors (Lipinski definition) is 1. The summed E-state index contributed by atoms with van der Waals surface area (Å²) in [5.41, 5.74) is 0. The third-order valence-electron chi connectivity index (χ3n) is 1.01. The molecule has 0 bridgehead atoms. The fourth-order valence-corrected chi connectivity index (χ4v) is 0.342. The summed E-state index contributed by atoms with van der Waals surface area (Å²) in [5.74, 6) is 4.22. The molecule has 0 rings (SSSR count). The van der Waals surface area contributed by atoms with Crippen LogP contribution in [0.4, 0.5) is 0 Å². The van der Waals surface area contributed by atoms with Crippen LogP contribution in [0.1, 0.15) is 20.3 Å². The Balaban J connectivity index is 3.59. The van der Waals surface area contributed by atoms with E-state index in [4.69, 9.17) is 5.11 Å². The Morgan fingerprint density at radius 3 is 2.67 bits per heavy atom. The van der Waals surface area contributed by atoms with Crippen LogP contribution in [0.25, 0.3) is 0 Å². The van der Waals surface area contributed by atoms with E-state index in [1.54, 1.807) is 13.8 Å². The molecule has 0 saturated carbocycles. The molecule has 0 saturated heterocycles. The number of carboxylic acids is 1. The normalized spacial score (nSPS) is 11.3. The van der Waals surface area contributed by atoms with Crippen molar-refractivity contribution >= 4 is 5.97 Å². The minimum absolute atomic E-state index is 0.336. The van der Waals surface area contributed by atoms with Gasteiger partial charge in [0.05, 0.1) is 5.92 Å². The van der Waals surface area contributed by atoms with Crippen molar-refractivity contribution in [2.45, 2.75) is 20.3 Å². The van der Waals surface area contributed by atoms with E-state index >= 15 is 0 Å². The second kappa shape index (κ2) is 3.96. The zero-order chi connectivity index (χ0) is 7.28. The molecule has 0 aliphatic carbocycles. The summed E-state index contributed by atoms with van der Waals surface area (Å²) in [7, 11) is 0. The maximum atomic E-state index is 10.1. The fourth-order valence-electron chi connectivity index (χ4n) is 0.342. The maximum Gasteiger partial charge on any atom is 0.307 e. The lowest BCUT2D eigenvalue weighted by Gasteiger charge is -1.96. The largest absolute Gasteiger partial charge is 0.481 e. The molecule has 0 radical (unpaired) electrons. The van der Waals surface area contributed by atoms with Gasteiger partial charge in [0.2, 0.25) is 0 Å². The summed E-state index contributed by atoms with van der Waals surface area (Å²) in [5, 5.41) is 8.34. The number of carbonyl (C=O) groups is 1. The van der Waals surface area contributed by atoms with Crippen LogP contribution >= 0.6 is 0 Å². The fraction of sp³-hybridized carbons (Fsp3) is 0.571. The quantitative estimate of drug-likeness (QED) is 0.563. The molecule has 0 aromatic heterocycles. The van der Waals surface area contributed by atoms with Gasteiger partial charge in [-0.25, -0.2) is 0 Å². The van der Waals surface area contributed by atoms with Crippen LogP contribution in [-0.4, -0.2) is 11.1 Å². The Labute approximate surface area is 54.9 Å². The number of aliphatic carboxylic acids is 1. The lowest BCUT2D eigenvalue weighted by Crippen LogP contribution is -2.07. The van der Waals surface area contributed by atoms with Gasteiger partial charge in [0.15, 0.2) is 0 Å². The highest BCUT2D eigenvalue weighted by Crippen LogP contribution is 1.98. The molecule has 0 aromatic carbocycles. The smallest absolute Gasteiger partial charge is 0.307 e. The van der Waals surface area contributed by atoms with Crippen LogP contribution in [0.3, 0.4) is 0 Å². The van der Waals surface area contributed by atoms with Gasteiger partial charge in [0, 0.05) is 6.42 Å². The summed E-state index contributed by atoms with van der Waals surface area (Å²) >= 11 is 0. The molecular formula is C7H10O2. The lowest BCUT2D eigenvalue weighted by molar-refractivity contribution is -0.140. The van der Waals surface area contributed by atoms with Gasteiger partial charge in [-0.15, -0.1) is 11.8 Å². The van der Waals surface area contributed by atoms with E-state index < -0.39 is 5.97 Å². The molecule has 2 nitrogen and oxygen atoms in total. The van der Waals surface area contributed by atoms with Gasteiger partial charge in [0.25, 0.3) is 0 Å². The van der Waals surface area contributed by atoms with Crippen molar-refractivity contribution in [1.82, 2.24) is 0 Å². The predicted octanol–water partition coefficient (Wildman–Crippen LogP) is 1.12. The lowest BCUT2D eigenvalue weighted by atomic mass is 10.1. The van der Waals surface area contributed by atoms with Crippen molar-refractivity contribution in [3.63, 3.8) is 0 Å². The van der Waals surface area contributed by atoms with Gasteiger partial charge in [0.1, 0.15) is 0 Å². The topological polar surface area (TPSA) is 37.3 Å². The maximum absolute atomic E-state index is 10.1. The van der Waals surface area contributed by atoms with Crippen molar-refractivity contribution in [3.8, 4) is 11.8 Å². The van der Waals surface area contributed by atoms with Crippen LogP contribution in [0, 0.1) is 17.8 Å². The second-order valence-electron chi connectivity index (χ2n) is 1.87. The molecule has 50 valence electrons. The zero-order valence-corrected chi connectivity index (χ0v) is 5.64. The van der Waals surface area contributed by atoms with Gasteiger partial charge in [-0.05, 0) is 6.92 Å². The Hall–Kier alpha value is -0.970. The minimum atomic E-state index is -0.780. The minimum Gasteiger partial charge on any atom is -0.481 e. The van der Waals surface area contributed by atoms with Crippen LogP contribution in [0.5, 0.6) is 0 Å². The van der Waals surface area contributed by atoms with Crippen LogP contribution in [0.2, 0.25) is 0 Å². The van der Waals surface area contributed by atoms with Crippen LogP contribution in [-0.2, 0) is 4.79 Å². The molecule has 9 heavy (non-hydrogen) atoms. The summed E-state index contributed by atoms with van der Waals surface area (Å²) in [6, 6.07) is 0. The molecule has 0 aliphatic rings. The molecule has 0 amide bonds. The Morgan fingerprint density at radius 1 is 1.78 bits per heavy atom. The molecule has 1 atom stereocenters. The number of carboxylic acid groups (broad SMARTS) is 1. The first kappa shape index (κ1) is 8.03. The number of hydrogen-bond acceptors (Lipinski definition) is 1. The molecule has 0 fully saturated rings. The highest BCUT2D eigenvalue weighted by Gasteiger charge is 2.07. The van der Waals surface area contributed by atoms with Gasteiger partial charge in [-0.1, -0.05) is 6.92 Å². The van der Waals surface area contributed by atoms with E-state index in [0.717, 1.165) is 0 Å². The molecule has 0 heterocycles. The highest BCUT2D eigenvalue weighted by molar-refractivity contribution is 5.69. The second-order valence-corrected chi connectivity index (χ2v) is 1.87. The average Bonchev–Trinajstić information content (AvgIpc) is 1.82. The summed E-state index contributed by atoms with van der Waals surface area (Å²) in [6.45, 7) is 3.35. The Bertz CT molecular complexity index is 150. The predicted molar refractivity (Wildman–Crippen MR) is 34.9 cm³/mol. The molecule has 0 unspecified atom stereocenters. The first-order valence-electron chi connectivity index (χ1n) is 2.81. The van der Waals surface area contributed by atoms with Gasteiger partial charge in [-0.3, -0.25) is 4.79 Å². The van der Waals surface area contributed by atoms with Crippen molar-refractivity contribution in [3.05, 3.63) is 0 Å². The molecule has 2 heteroatoms. The average molecular weight is 126 g/mol. The molecule has 1 N–H and O–H groups in total. The van der Waals surface area contributed by atoms with E-state index in [2.05, 4.69) is 11.8 Å². The molecule has 0 spiro atoms. The zero-order valence-electron chi connectivity index (χ0n) is 5.64. The van der Waals surface area contributed by atoms with Crippen molar-refractivity contribution in [1.29, 1.82) is 0 Å². The van der Waals surface area contributed by atoms with Gasteiger partial charge in [-0.2, -0.15) is 0 Å². The van der Waals surface area contributed by atoms with E-state index in [1.165, 1.54) is 0 Å². The summed E-state index contributed by atoms with van der Waals surface area (Å²) in [6.07, 6.45) is 0.450. The van der Waals surface area contributed by atoms with E-state index in [-0.39, 0.29) is 5.92 Å². The summed E-state index contributed by atoms with van der Waals surface area (Å²) in [4.78, 5) is 10.1. The molecule has 0 aliphatic heterocycles. The first-order valence-corrected chi connectivity index (χ1v) is 2.81. The number of rotatable bonds is 2. The highest BCUT2D eigenvalue weighted by atomic mass is 16.4. The Morgan fingerprint density at radius 2 is 2.33 bits per heavy atom. The van der Waals surface area contributed by atoms with E-state index in [9.17, 15) is 4.79 Å². The first-order chi connectivity index (χ1) is 4.18. The van der Waals surface area contributed by atoms with Crippen molar-refractivity contribution < 1.29 is 9.90 Å². The van der Waals surface area contributed by atoms with Gasteiger partial charge >= 0.3 is 5.97 Å². The SMILES string of the molecule is CC#CC[C@@H](C)C(=O)O.